The van der Waals surface area contributed by atoms with E-state index in [1.165, 1.54) is 6.92 Å². The van der Waals surface area contributed by atoms with Gasteiger partial charge in [-0.1, -0.05) is 25.6 Å². The van der Waals surface area contributed by atoms with E-state index in [2.05, 4.69) is 5.32 Å². The molecule has 1 rings (SSSR count). The van der Waals surface area contributed by atoms with Gasteiger partial charge in [0.05, 0.1) is 12.0 Å². The second-order valence-electron chi connectivity index (χ2n) is 6.28. The monoisotopic (exact) mass is 345 g/mol. The number of carbonyl (C=O) groups is 3. The van der Waals surface area contributed by atoms with Gasteiger partial charge in [0.15, 0.2) is 5.12 Å². The first-order valence-electron chi connectivity index (χ1n) is 8.11. The fraction of sp³-hybridized carbons (Fsp3) is 0.812. The summed E-state index contributed by atoms with van der Waals surface area (Å²) in [5.74, 6) is -1.35. The van der Waals surface area contributed by atoms with Crippen LogP contribution in [0.25, 0.3) is 0 Å². The highest BCUT2D eigenvalue weighted by Crippen LogP contribution is 2.20. The Bertz CT molecular complexity index is 421. The quantitative estimate of drug-likeness (QED) is 0.509. The van der Waals surface area contributed by atoms with Crippen LogP contribution in [0, 0.1) is 11.8 Å². The molecule has 0 saturated carbocycles. The average molecular weight is 345 g/mol. The maximum atomic E-state index is 12.2. The lowest BCUT2D eigenvalue weighted by molar-refractivity contribution is -0.163. The van der Waals surface area contributed by atoms with Crippen LogP contribution in [0.4, 0.5) is 0 Å². The van der Waals surface area contributed by atoms with Crippen molar-refractivity contribution in [3.63, 3.8) is 0 Å². The number of ether oxygens (including phenoxy) is 1. The lowest BCUT2D eigenvalue weighted by Gasteiger charge is -2.19. The van der Waals surface area contributed by atoms with Gasteiger partial charge >= 0.3 is 11.9 Å². The number of thioether (sulfide) groups is 1. The SMILES string of the molecule is CC(=O)SCC(CCC(O)C(C)C)C(=O)OC(=O)[C@@H]1CCCN1. The number of rotatable bonds is 8. The lowest BCUT2D eigenvalue weighted by atomic mass is 9.97. The first-order valence-corrected chi connectivity index (χ1v) is 9.10. The topological polar surface area (TPSA) is 92.7 Å². The molecule has 0 aromatic heterocycles. The first-order chi connectivity index (χ1) is 10.8. The van der Waals surface area contributed by atoms with Gasteiger partial charge in [-0.05, 0) is 38.1 Å². The summed E-state index contributed by atoms with van der Waals surface area (Å²) in [4.78, 5) is 35.3. The van der Waals surface area contributed by atoms with Crippen molar-refractivity contribution in [2.75, 3.05) is 12.3 Å². The Morgan fingerprint density at radius 2 is 2.00 bits per heavy atom. The number of carbonyl (C=O) groups excluding carboxylic acids is 3. The Labute approximate surface area is 141 Å². The van der Waals surface area contributed by atoms with Crippen molar-refractivity contribution in [2.24, 2.45) is 11.8 Å². The van der Waals surface area contributed by atoms with Crippen LogP contribution in [0.1, 0.15) is 46.5 Å². The Morgan fingerprint density at radius 1 is 1.30 bits per heavy atom. The van der Waals surface area contributed by atoms with Crippen LogP contribution in [-0.2, 0) is 19.1 Å². The molecular weight excluding hydrogens is 318 g/mol. The van der Waals surface area contributed by atoms with Crippen LogP contribution in [0.5, 0.6) is 0 Å². The highest BCUT2D eigenvalue weighted by atomic mass is 32.2. The van der Waals surface area contributed by atoms with Gasteiger partial charge in [0.2, 0.25) is 0 Å². The van der Waals surface area contributed by atoms with Crippen LogP contribution >= 0.6 is 11.8 Å². The smallest absolute Gasteiger partial charge is 0.330 e. The fourth-order valence-corrected chi connectivity index (χ4v) is 3.07. The van der Waals surface area contributed by atoms with Crippen molar-refractivity contribution in [3.8, 4) is 0 Å². The molecule has 0 spiro atoms. The molecule has 0 aliphatic carbocycles. The van der Waals surface area contributed by atoms with E-state index >= 15 is 0 Å². The van der Waals surface area contributed by atoms with Crippen molar-refractivity contribution in [3.05, 3.63) is 0 Å². The Morgan fingerprint density at radius 3 is 2.52 bits per heavy atom. The zero-order valence-corrected chi connectivity index (χ0v) is 14.9. The predicted octanol–water partition coefficient (Wildman–Crippen LogP) is 1.50. The van der Waals surface area contributed by atoms with E-state index in [0.29, 0.717) is 19.3 Å². The number of nitrogens with one attached hydrogen (secondary N) is 1. The molecule has 1 fully saturated rings. The zero-order chi connectivity index (χ0) is 17.4. The number of hydrogen-bond acceptors (Lipinski definition) is 7. The van der Waals surface area contributed by atoms with Crippen LogP contribution in [0.15, 0.2) is 0 Å². The Kier molecular flexibility index (Phi) is 8.79. The van der Waals surface area contributed by atoms with Crippen LogP contribution in [0.3, 0.4) is 0 Å². The summed E-state index contributed by atoms with van der Waals surface area (Å²) in [6, 6.07) is -0.415. The molecule has 6 nitrogen and oxygen atoms in total. The molecule has 3 atom stereocenters. The Hall–Kier alpha value is -0.920. The second-order valence-corrected chi connectivity index (χ2v) is 7.47. The molecule has 1 saturated heterocycles. The van der Waals surface area contributed by atoms with Crippen molar-refractivity contribution in [2.45, 2.75) is 58.6 Å². The van der Waals surface area contributed by atoms with E-state index in [-0.39, 0.29) is 16.8 Å². The number of aliphatic hydroxyl groups is 1. The molecule has 23 heavy (non-hydrogen) atoms. The third-order valence-electron chi connectivity index (χ3n) is 3.95. The van der Waals surface area contributed by atoms with E-state index < -0.39 is 30.0 Å². The van der Waals surface area contributed by atoms with E-state index in [4.69, 9.17) is 4.74 Å². The summed E-state index contributed by atoms with van der Waals surface area (Å²) >= 11 is 1.04. The molecule has 2 unspecified atom stereocenters. The van der Waals surface area contributed by atoms with Crippen LogP contribution in [0.2, 0.25) is 0 Å². The number of hydrogen-bond donors (Lipinski definition) is 2. The molecule has 0 radical (unpaired) electrons. The number of esters is 2. The van der Waals surface area contributed by atoms with Crippen molar-refractivity contribution < 1.29 is 24.2 Å². The minimum Gasteiger partial charge on any atom is -0.393 e. The van der Waals surface area contributed by atoms with Crippen LogP contribution in [-0.4, -0.2) is 46.6 Å². The summed E-state index contributed by atoms with van der Waals surface area (Å²) in [5.41, 5.74) is 0. The highest BCUT2D eigenvalue weighted by Gasteiger charge is 2.29. The molecule has 0 amide bonds. The molecule has 1 heterocycles. The summed E-state index contributed by atoms with van der Waals surface area (Å²) < 4.78 is 4.97. The minimum absolute atomic E-state index is 0.0870. The standard InChI is InChI=1S/C16H27NO5S/c1-10(2)14(19)7-6-12(9-23-11(3)18)15(20)22-16(21)13-5-4-8-17-13/h10,12-14,17,19H,4-9H2,1-3H3/t12?,13-,14?/m0/s1. The minimum atomic E-state index is -0.603. The highest BCUT2D eigenvalue weighted by molar-refractivity contribution is 8.13. The molecular formula is C16H27NO5S. The van der Waals surface area contributed by atoms with Gasteiger partial charge in [0.1, 0.15) is 6.04 Å². The fourth-order valence-electron chi connectivity index (χ4n) is 2.33. The van der Waals surface area contributed by atoms with Crippen molar-refractivity contribution >= 4 is 28.8 Å². The van der Waals surface area contributed by atoms with Gasteiger partial charge in [-0.15, -0.1) is 0 Å². The predicted molar refractivity (Wildman–Crippen MR) is 88.8 cm³/mol. The van der Waals surface area contributed by atoms with Gasteiger partial charge in [-0.25, -0.2) is 4.79 Å². The van der Waals surface area contributed by atoms with E-state index in [9.17, 15) is 19.5 Å². The summed E-state index contributed by atoms with van der Waals surface area (Å²) in [6.45, 7) is 5.98. The zero-order valence-electron chi connectivity index (χ0n) is 14.0. The molecule has 0 bridgehead atoms. The second kappa shape index (κ2) is 10.1. The van der Waals surface area contributed by atoms with Crippen LogP contribution < -0.4 is 5.32 Å². The third-order valence-corrected chi connectivity index (χ3v) is 4.92. The molecule has 0 aromatic carbocycles. The number of aliphatic hydroxyl groups excluding tert-OH is 1. The average Bonchev–Trinajstić information content (AvgIpc) is 3.00. The molecule has 1 aliphatic heterocycles. The lowest BCUT2D eigenvalue weighted by Crippen LogP contribution is -2.36. The van der Waals surface area contributed by atoms with E-state index in [1.807, 2.05) is 13.8 Å². The van der Waals surface area contributed by atoms with Gasteiger partial charge in [-0.3, -0.25) is 9.59 Å². The van der Waals surface area contributed by atoms with Crippen molar-refractivity contribution in [1.82, 2.24) is 5.32 Å². The molecule has 132 valence electrons. The molecule has 7 heteroatoms. The van der Waals surface area contributed by atoms with Crippen molar-refractivity contribution in [1.29, 1.82) is 0 Å². The summed E-state index contributed by atoms with van der Waals surface area (Å²) in [6.07, 6.45) is 1.87. The molecule has 1 aliphatic rings. The maximum absolute atomic E-state index is 12.2. The Balaban J connectivity index is 2.55. The van der Waals surface area contributed by atoms with E-state index in [1.54, 1.807) is 0 Å². The summed E-state index contributed by atoms with van der Waals surface area (Å²) in [5, 5.41) is 12.8. The largest absolute Gasteiger partial charge is 0.393 e. The molecule has 2 N–H and O–H groups in total. The normalized spacial score (nSPS) is 20.3. The summed E-state index contributed by atoms with van der Waals surface area (Å²) in [7, 11) is 0. The third kappa shape index (κ3) is 7.46. The van der Waals surface area contributed by atoms with Gasteiger partial charge in [0, 0.05) is 12.7 Å². The first kappa shape index (κ1) is 20.1. The van der Waals surface area contributed by atoms with Gasteiger partial charge in [0.25, 0.3) is 0 Å². The van der Waals surface area contributed by atoms with Gasteiger partial charge < -0.3 is 15.2 Å². The maximum Gasteiger partial charge on any atom is 0.330 e. The van der Waals surface area contributed by atoms with Gasteiger partial charge in [-0.2, -0.15) is 0 Å². The van der Waals surface area contributed by atoms with E-state index in [0.717, 1.165) is 24.7 Å². The molecule has 0 aromatic rings.